The third kappa shape index (κ3) is 5.49. The monoisotopic (exact) mass is 315 g/mol. The summed E-state index contributed by atoms with van der Waals surface area (Å²) in [6, 6.07) is 13.6. The highest BCUT2D eigenvalue weighted by molar-refractivity contribution is 5.40. The van der Waals surface area contributed by atoms with Crippen LogP contribution in [0.4, 0.5) is 0 Å². The summed E-state index contributed by atoms with van der Waals surface area (Å²) in [5, 5.41) is 22.3. The van der Waals surface area contributed by atoms with E-state index in [2.05, 4.69) is 24.4 Å². The Hall–Kier alpha value is -2.20. The zero-order valence-electron chi connectivity index (χ0n) is 13.7. The van der Waals surface area contributed by atoms with E-state index in [1.54, 1.807) is 13.2 Å². The van der Waals surface area contributed by atoms with E-state index in [1.165, 1.54) is 11.6 Å². The van der Waals surface area contributed by atoms with Gasteiger partial charge in [-0.05, 0) is 68.1 Å². The highest BCUT2D eigenvalue weighted by atomic mass is 16.5. The van der Waals surface area contributed by atoms with Crippen molar-refractivity contribution in [2.45, 2.75) is 32.2 Å². The summed E-state index contributed by atoms with van der Waals surface area (Å²) in [7, 11) is 1.68. The molecule has 0 aromatic heterocycles. The van der Waals surface area contributed by atoms with Crippen molar-refractivity contribution < 1.29 is 14.9 Å². The third-order valence-electron chi connectivity index (χ3n) is 3.97. The molecule has 3 N–H and O–H groups in total. The van der Waals surface area contributed by atoms with Gasteiger partial charge in [-0.1, -0.05) is 18.2 Å². The van der Waals surface area contributed by atoms with Gasteiger partial charge in [-0.3, -0.25) is 0 Å². The zero-order chi connectivity index (χ0) is 16.7. The van der Waals surface area contributed by atoms with Gasteiger partial charge in [-0.25, -0.2) is 0 Å². The fourth-order valence-corrected chi connectivity index (χ4v) is 2.46. The van der Waals surface area contributed by atoms with Crippen molar-refractivity contribution in [1.82, 2.24) is 5.32 Å². The molecule has 0 fully saturated rings. The predicted molar refractivity (Wildman–Crippen MR) is 92.3 cm³/mol. The molecule has 4 nitrogen and oxygen atoms in total. The zero-order valence-corrected chi connectivity index (χ0v) is 13.7. The molecule has 2 rings (SSSR count). The van der Waals surface area contributed by atoms with E-state index in [-0.39, 0.29) is 11.5 Å². The minimum Gasteiger partial charge on any atom is -0.504 e. The molecule has 4 heteroatoms. The lowest BCUT2D eigenvalue weighted by Gasteiger charge is -2.14. The van der Waals surface area contributed by atoms with Gasteiger partial charge in [0.05, 0.1) is 7.11 Å². The maximum atomic E-state index is 9.48. The van der Waals surface area contributed by atoms with Crippen LogP contribution in [-0.2, 0) is 12.8 Å². The van der Waals surface area contributed by atoms with Crippen LogP contribution in [0.3, 0.4) is 0 Å². The van der Waals surface area contributed by atoms with Gasteiger partial charge < -0.3 is 20.3 Å². The van der Waals surface area contributed by atoms with Crippen LogP contribution < -0.4 is 10.1 Å². The second kappa shape index (κ2) is 8.44. The fraction of sp³-hybridized carbons (Fsp3) is 0.368. The Balaban J connectivity index is 1.70. The molecule has 0 aliphatic carbocycles. The summed E-state index contributed by atoms with van der Waals surface area (Å²) in [4.78, 5) is 0. The Morgan fingerprint density at radius 3 is 2.30 bits per heavy atom. The first-order valence-electron chi connectivity index (χ1n) is 7.95. The number of rotatable bonds is 8. The maximum absolute atomic E-state index is 9.48. The number of phenolic OH excluding ortho intramolecular Hbond substituents is 2. The van der Waals surface area contributed by atoms with Gasteiger partial charge in [0.15, 0.2) is 11.5 Å². The Bertz CT molecular complexity index is 611. The molecule has 0 bridgehead atoms. The molecular weight excluding hydrogens is 290 g/mol. The van der Waals surface area contributed by atoms with Crippen LogP contribution in [0.15, 0.2) is 42.5 Å². The minimum atomic E-state index is -0.0745. The van der Waals surface area contributed by atoms with Crippen molar-refractivity contribution >= 4 is 0 Å². The quantitative estimate of drug-likeness (QED) is 0.654. The smallest absolute Gasteiger partial charge is 0.157 e. The molecule has 0 aliphatic rings. The number of hydrogen-bond donors (Lipinski definition) is 3. The van der Waals surface area contributed by atoms with E-state index < -0.39 is 0 Å². The Morgan fingerprint density at radius 2 is 1.65 bits per heavy atom. The standard InChI is InChI=1S/C19H25NO3/c1-14(3-4-15-5-8-17(23-2)9-6-15)20-12-11-16-7-10-18(21)19(22)13-16/h5-10,13-14,20-22H,3-4,11-12H2,1-2H3/t14-/m1/s1. The topological polar surface area (TPSA) is 61.7 Å². The molecule has 0 unspecified atom stereocenters. The third-order valence-corrected chi connectivity index (χ3v) is 3.97. The molecule has 0 saturated heterocycles. The molecule has 2 aromatic rings. The molecule has 0 spiro atoms. The second-order valence-corrected chi connectivity index (χ2v) is 5.81. The molecule has 0 amide bonds. The van der Waals surface area contributed by atoms with Gasteiger partial charge in [-0.2, -0.15) is 0 Å². The lowest BCUT2D eigenvalue weighted by Crippen LogP contribution is -2.28. The maximum Gasteiger partial charge on any atom is 0.157 e. The second-order valence-electron chi connectivity index (χ2n) is 5.81. The molecular formula is C19H25NO3. The SMILES string of the molecule is COc1ccc(CC[C@@H](C)NCCc2ccc(O)c(O)c2)cc1. The summed E-state index contributed by atoms with van der Waals surface area (Å²) in [5.74, 6) is 0.752. The van der Waals surface area contributed by atoms with Crippen molar-refractivity contribution in [3.05, 3.63) is 53.6 Å². The highest BCUT2D eigenvalue weighted by Crippen LogP contribution is 2.24. The summed E-state index contributed by atoms with van der Waals surface area (Å²) in [6.07, 6.45) is 2.91. The molecule has 1 atom stereocenters. The number of nitrogens with one attached hydrogen (secondary N) is 1. The van der Waals surface area contributed by atoms with E-state index in [9.17, 15) is 10.2 Å². The molecule has 124 valence electrons. The summed E-state index contributed by atoms with van der Waals surface area (Å²) in [6.45, 7) is 3.02. The van der Waals surface area contributed by atoms with Crippen molar-refractivity contribution in [1.29, 1.82) is 0 Å². The minimum absolute atomic E-state index is 0.0601. The van der Waals surface area contributed by atoms with E-state index in [4.69, 9.17) is 4.74 Å². The summed E-state index contributed by atoms with van der Waals surface area (Å²) in [5.41, 5.74) is 2.32. The van der Waals surface area contributed by atoms with Crippen LogP contribution in [0.2, 0.25) is 0 Å². The number of methoxy groups -OCH3 is 1. The summed E-state index contributed by atoms with van der Waals surface area (Å²) < 4.78 is 5.16. The van der Waals surface area contributed by atoms with Gasteiger partial charge >= 0.3 is 0 Å². The van der Waals surface area contributed by atoms with Crippen LogP contribution in [0.1, 0.15) is 24.5 Å². The van der Waals surface area contributed by atoms with Crippen LogP contribution in [-0.4, -0.2) is 29.9 Å². The molecule has 0 saturated carbocycles. The normalized spacial score (nSPS) is 12.1. The first-order valence-corrected chi connectivity index (χ1v) is 7.95. The van der Waals surface area contributed by atoms with Gasteiger partial charge in [0, 0.05) is 6.04 Å². The van der Waals surface area contributed by atoms with Gasteiger partial charge in [-0.15, -0.1) is 0 Å². The van der Waals surface area contributed by atoms with E-state index in [0.29, 0.717) is 6.04 Å². The van der Waals surface area contributed by atoms with Crippen molar-refractivity contribution in [2.24, 2.45) is 0 Å². The van der Waals surface area contributed by atoms with Crippen molar-refractivity contribution in [3.63, 3.8) is 0 Å². The van der Waals surface area contributed by atoms with Gasteiger partial charge in [0.1, 0.15) is 5.75 Å². The largest absolute Gasteiger partial charge is 0.504 e. The molecule has 23 heavy (non-hydrogen) atoms. The lowest BCUT2D eigenvalue weighted by molar-refractivity contribution is 0.403. The lowest BCUT2D eigenvalue weighted by atomic mass is 10.1. The highest BCUT2D eigenvalue weighted by Gasteiger charge is 2.04. The Kier molecular flexibility index (Phi) is 6.29. The van der Waals surface area contributed by atoms with Gasteiger partial charge in [0.25, 0.3) is 0 Å². The average Bonchev–Trinajstić information content (AvgIpc) is 2.56. The molecule has 2 aromatic carbocycles. The van der Waals surface area contributed by atoms with E-state index in [1.807, 2.05) is 18.2 Å². The van der Waals surface area contributed by atoms with Crippen molar-refractivity contribution in [2.75, 3.05) is 13.7 Å². The molecule has 0 aliphatic heterocycles. The Morgan fingerprint density at radius 1 is 0.957 bits per heavy atom. The predicted octanol–water partition coefficient (Wildman–Crippen LogP) is 3.26. The fourth-order valence-electron chi connectivity index (χ4n) is 2.46. The van der Waals surface area contributed by atoms with E-state index >= 15 is 0 Å². The summed E-state index contributed by atoms with van der Waals surface area (Å²) >= 11 is 0. The van der Waals surface area contributed by atoms with E-state index in [0.717, 1.165) is 37.1 Å². The van der Waals surface area contributed by atoms with Crippen LogP contribution in [0.5, 0.6) is 17.2 Å². The first-order chi connectivity index (χ1) is 11.1. The number of benzene rings is 2. The van der Waals surface area contributed by atoms with Crippen molar-refractivity contribution in [3.8, 4) is 17.2 Å². The van der Waals surface area contributed by atoms with Crippen LogP contribution >= 0.6 is 0 Å². The van der Waals surface area contributed by atoms with Crippen LogP contribution in [0.25, 0.3) is 0 Å². The number of aryl methyl sites for hydroxylation is 1. The molecule has 0 radical (unpaired) electrons. The number of aromatic hydroxyl groups is 2. The Labute approximate surface area is 137 Å². The molecule has 0 heterocycles. The van der Waals surface area contributed by atoms with Crippen LogP contribution in [0, 0.1) is 0 Å². The number of hydrogen-bond acceptors (Lipinski definition) is 4. The average molecular weight is 315 g/mol. The number of ether oxygens (including phenoxy) is 1. The number of phenols is 2. The first kappa shape index (κ1) is 17.2. The van der Waals surface area contributed by atoms with Gasteiger partial charge in [0.2, 0.25) is 0 Å².